The molecule has 0 unspecified atom stereocenters. The van der Waals surface area contributed by atoms with Crippen molar-refractivity contribution in [1.29, 1.82) is 0 Å². The summed E-state index contributed by atoms with van der Waals surface area (Å²) in [7, 11) is 0. The van der Waals surface area contributed by atoms with Gasteiger partial charge in [0.05, 0.1) is 20.3 Å². The van der Waals surface area contributed by atoms with E-state index in [2.05, 4.69) is 0 Å². The van der Waals surface area contributed by atoms with Gasteiger partial charge in [0, 0.05) is 0 Å². The van der Waals surface area contributed by atoms with Crippen LogP contribution in [0.5, 0.6) is 0 Å². The molecule has 0 aromatic carbocycles. The average Bonchev–Trinajstić information content (AvgIpc) is 1.94. The van der Waals surface area contributed by atoms with Crippen molar-refractivity contribution in [3.8, 4) is 0 Å². The molecular formula is HN5O15PdPt. The maximum Gasteiger partial charge on any atom is 2.00 e. The minimum Gasteiger partial charge on any atom is -0.356 e. The van der Waals surface area contributed by atoms with Crippen LogP contribution in [-0.2, 0) is 41.5 Å². The van der Waals surface area contributed by atoms with Gasteiger partial charge in [-0.3, -0.25) is 0 Å². The Balaban J connectivity index is -0.0000000250. The van der Waals surface area contributed by atoms with Gasteiger partial charge in [-0.05, 0) is 0 Å². The van der Waals surface area contributed by atoms with E-state index in [1.165, 1.54) is 0 Å². The van der Waals surface area contributed by atoms with Gasteiger partial charge in [-0.25, -0.2) is 0 Å². The quantitative estimate of drug-likeness (QED) is 0.188. The molecule has 136 valence electrons. The van der Waals surface area contributed by atoms with E-state index in [1.54, 1.807) is 0 Å². The van der Waals surface area contributed by atoms with Gasteiger partial charge >= 0.3 is 41.5 Å². The van der Waals surface area contributed by atoms with E-state index in [4.69, 9.17) is 76.6 Å². The van der Waals surface area contributed by atoms with Crippen molar-refractivity contribution in [3.63, 3.8) is 0 Å². The van der Waals surface area contributed by atoms with E-state index in [1.807, 2.05) is 0 Å². The molecular weight excluding hydrogens is 612 g/mol. The van der Waals surface area contributed by atoms with Crippen LogP contribution in [0.4, 0.5) is 0 Å². The summed E-state index contributed by atoms with van der Waals surface area (Å²) in [5.74, 6) is 0. The monoisotopic (exact) mass is 612 g/mol. The van der Waals surface area contributed by atoms with Gasteiger partial charge < -0.3 is 66.5 Å². The number of nitrogens with zero attached hydrogens (tertiary/aromatic N) is 5. The van der Waals surface area contributed by atoms with E-state index < -0.39 is 25.4 Å². The zero-order valence-corrected chi connectivity index (χ0v) is 12.9. The van der Waals surface area contributed by atoms with Crippen LogP contribution in [0, 0.1) is 71.4 Å². The zero-order chi connectivity index (χ0) is 17.9. The molecule has 0 aliphatic heterocycles. The third-order valence-electron chi connectivity index (χ3n) is 0. The summed E-state index contributed by atoms with van der Waals surface area (Å²) in [6.07, 6.45) is 0. The Hall–Kier alpha value is -2.65. The Kier molecular flexibility index (Phi) is 70.3. The molecule has 0 bridgehead atoms. The van der Waals surface area contributed by atoms with E-state index >= 15 is 0 Å². The molecule has 22 heavy (non-hydrogen) atoms. The molecule has 0 heterocycles. The first-order valence-electron chi connectivity index (χ1n) is 2.76. The van der Waals surface area contributed by atoms with Crippen LogP contribution in [0.1, 0.15) is 0 Å². The van der Waals surface area contributed by atoms with Crippen molar-refractivity contribution in [1.82, 2.24) is 0 Å². The Morgan fingerprint density at radius 2 is 0.500 bits per heavy atom. The van der Waals surface area contributed by atoms with Crippen LogP contribution in [0.15, 0.2) is 0 Å². The first-order chi connectivity index (χ1) is 8.66. The van der Waals surface area contributed by atoms with Crippen LogP contribution >= 0.6 is 0 Å². The van der Waals surface area contributed by atoms with Gasteiger partial charge in [0.2, 0.25) is 0 Å². The van der Waals surface area contributed by atoms with Gasteiger partial charge in [0.1, 0.15) is 0 Å². The zero-order valence-electron chi connectivity index (χ0n) is 9.03. The van der Waals surface area contributed by atoms with Crippen LogP contribution in [0.3, 0.4) is 0 Å². The Labute approximate surface area is 144 Å². The average molecular weight is 613 g/mol. The maximum absolute atomic E-state index is 8.36. The van der Waals surface area contributed by atoms with Gasteiger partial charge in [-0.1, -0.05) is 0 Å². The van der Waals surface area contributed by atoms with Gasteiger partial charge in [0.25, 0.3) is 5.09 Å². The molecule has 0 aliphatic rings. The minimum atomic E-state index is -1.75. The van der Waals surface area contributed by atoms with Gasteiger partial charge in [0.15, 0.2) is 0 Å². The van der Waals surface area contributed by atoms with Crippen LogP contribution < -0.4 is 0 Å². The van der Waals surface area contributed by atoms with E-state index in [-0.39, 0.29) is 41.5 Å². The summed E-state index contributed by atoms with van der Waals surface area (Å²) in [5, 5.41) is 72.6. The Morgan fingerprint density at radius 1 is 0.500 bits per heavy atom. The predicted molar refractivity (Wildman–Crippen MR) is 50.2 cm³/mol. The SMILES string of the molecule is O=[N+]([O-])O.O=[N+]([O-])[O-].O=[N+]([O-])[O-].O=[N+]([O-])[O-].O=[N+]([O-])[O-].[Pd+2].[Pt+2]. The van der Waals surface area contributed by atoms with Crippen molar-refractivity contribution in [2.75, 3.05) is 0 Å². The molecule has 0 aromatic heterocycles. The molecule has 0 saturated heterocycles. The summed E-state index contributed by atoms with van der Waals surface area (Å²) in [6, 6.07) is 0. The molecule has 0 spiro atoms. The Morgan fingerprint density at radius 3 is 0.500 bits per heavy atom. The summed E-state index contributed by atoms with van der Waals surface area (Å²) in [6.45, 7) is 0. The minimum absolute atomic E-state index is 0. The fourth-order valence-electron chi connectivity index (χ4n) is 0. The van der Waals surface area contributed by atoms with Crippen molar-refractivity contribution in [2.45, 2.75) is 0 Å². The van der Waals surface area contributed by atoms with Crippen LogP contribution in [0.25, 0.3) is 0 Å². The molecule has 0 saturated carbocycles. The van der Waals surface area contributed by atoms with Crippen molar-refractivity contribution in [3.05, 3.63) is 71.4 Å². The molecule has 20 nitrogen and oxygen atoms in total. The normalized spacial score (nSPS) is 5.45. The third-order valence-corrected chi connectivity index (χ3v) is 0. The topological polar surface area (TPSA) is 328 Å². The largest absolute Gasteiger partial charge is 2.00 e. The summed E-state index contributed by atoms with van der Waals surface area (Å²) in [5.41, 5.74) is 0. The first kappa shape index (κ1) is 42.7. The number of rotatable bonds is 0. The second-order valence-corrected chi connectivity index (χ2v) is 1.13. The molecule has 0 aromatic rings. The standard InChI is InChI=1S/HNO3.4NO3.Pd.Pt/c5*2-1(3)4;;/h(H,2,3,4);;;;;;/q;4*-1;2*+2. The van der Waals surface area contributed by atoms with Crippen molar-refractivity contribution >= 4 is 0 Å². The van der Waals surface area contributed by atoms with Crippen molar-refractivity contribution in [2.24, 2.45) is 0 Å². The predicted octanol–water partition coefficient (Wildman–Crippen LogP) is -1.31. The fraction of sp³-hybridized carbons (Fsp3) is 0. The summed E-state index contributed by atoms with van der Waals surface area (Å²) >= 11 is 0. The van der Waals surface area contributed by atoms with Crippen LogP contribution in [-0.4, -0.2) is 30.6 Å². The second kappa shape index (κ2) is 36.2. The number of hydrogen-bond donors (Lipinski definition) is 1. The van der Waals surface area contributed by atoms with Gasteiger partial charge in [-0.2, -0.15) is 0 Å². The van der Waals surface area contributed by atoms with E-state index in [0.717, 1.165) is 0 Å². The van der Waals surface area contributed by atoms with Crippen molar-refractivity contribution < 1.29 is 72.1 Å². The maximum atomic E-state index is 8.36. The first-order valence-corrected chi connectivity index (χ1v) is 2.76. The third kappa shape index (κ3) is 661. The second-order valence-electron chi connectivity index (χ2n) is 1.13. The fourth-order valence-corrected chi connectivity index (χ4v) is 0. The molecule has 0 amide bonds. The molecule has 0 aliphatic carbocycles. The Bertz CT molecular complexity index is 213. The van der Waals surface area contributed by atoms with E-state index in [0.29, 0.717) is 0 Å². The molecule has 0 fully saturated rings. The molecule has 22 heteroatoms. The molecule has 1 N–H and O–H groups in total. The molecule has 0 radical (unpaired) electrons. The summed E-state index contributed by atoms with van der Waals surface area (Å²) in [4.78, 5) is 41.4. The summed E-state index contributed by atoms with van der Waals surface area (Å²) < 4.78 is 0. The number of hydrogen-bond acceptors (Lipinski definition) is 14. The molecule has 0 atom stereocenters. The van der Waals surface area contributed by atoms with Crippen LogP contribution in [0.2, 0.25) is 0 Å². The smallest absolute Gasteiger partial charge is 0.356 e. The molecule has 0 rings (SSSR count). The van der Waals surface area contributed by atoms with Gasteiger partial charge in [-0.15, -0.1) is 10.1 Å². The van der Waals surface area contributed by atoms with E-state index in [9.17, 15) is 0 Å².